The summed E-state index contributed by atoms with van der Waals surface area (Å²) in [6.45, 7) is 0.749. The Balaban J connectivity index is 2.19. The normalized spacial score (nSPS) is 16.3. The van der Waals surface area contributed by atoms with E-state index < -0.39 is 6.10 Å². The number of benzene rings is 1. The molecule has 1 aliphatic heterocycles. The van der Waals surface area contributed by atoms with Crippen LogP contribution in [-0.2, 0) is 0 Å². The minimum Gasteiger partial charge on any atom is -0.399 e. The smallest absolute Gasteiger partial charge is 0.255 e. The Bertz CT molecular complexity index is 402. The van der Waals surface area contributed by atoms with E-state index >= 15 is 0 Å². The van der Waals surface area contributed by atoms with Crippen molar-refractivity contribution in [3.05, 3.63) is 28.8 Å². The lowest BCUT2D eigenvalue weighted by molar-refractivity contribution is 0.00591. The first kappa shape index (κ1) is 10.3. The number of aliphatic hydroxyl groups is 1. The van der Waals surface area contributed by atoms with Crippen LogP contribution in [0.25, 0.3) is 0 Å². The van der Waals surface area contributed by atoms with Gasteiger partial charge >= 0.3 is 0 Å². The molecule has 0 aliphatic carbocycles. The number of anilines is 1. The minimum atomic E-state index is -0.401. The minimum absolute atomic E-state index is 0.162. The molecule has 0 saturated carbocycles. The van der Waals surface area contributed by atoms with Crippen molar-refractivity contribution in [3.63, 3.8) is 0 Å². The maximum Gasteiger partial charge on any atom is 0.255 e. The summed E-state index contributed by atoms with van der Waals surface area (Å²) in [5.74, 6) is -0.162. The summed E-state index contributed by atoms with van der Waals surface area (Å²) in [6, 6.07) is 4.78. The summed E-state index contributed by atoms with van der Waals surface area (Å²) in [5, 5.41) is 9.43. The number of likely N-dealkylation sites (tertiary alicyclic amines) is 1. The zero-order valence-corrected chi connectivity index (χ0v) is 8.74. The molecule has 5 heteroatoms. The Labute approximate surface area is 92.2 Å². The van der Waals surface area contributed by atoms with Crippen molar-refractivity contribution in [1.82, 2.24) is 4.90 Å². The molecule has 3 N–H and O–H groups in total. The summed E-state index contributed by atoms with van der Waals surface area (Å²) < 4.78 is 0. The van der Waals surface area contributed by atoms with E-state index in [-0.39, 0.29) is 5.91 Å². The number of amides is 1. The summed E-state index contributed by atoms with van der Waals surface area (Å²) >= 11 is 5.90. The number of hydrogen-bond donors (Lipinski definition) is 2. The first-order chi connectivity index (χ1) is 7.08. The summed E-state index contributed by atoms with van der Waals surface area (Å²) in [5.41, 5.74) is 6.48. The van der Waals surface area contributed by atoms with E-state index in [0.717, 1.165) is 0 Å². The SMILES string of the molecule is Nc1ccc(C(=O)N2CC(O)C2)c(Cl)c1. The molecule has 1 aliphatic rings. The van der Waals surface area contributed by atoms with Gasteiger partial charge in [0, 0.05) is 18.8 Å². The van der Waals surface area contributed by atoms with Crippen molar-refractivity contribution in [2.75, 3.05) is 18.8 Å². The standard InChI is InChI=1S/C10H11ClN2O2/c11-9-3-6(12)1-2-8(9)10(15)13-4-7(14)5-13/h1-3,7,14H,4-5,12H2. The molecule has 0 atom stereocenters. The van der Waals surface area contributed by atoms with Crippen molar-refractivity contribution in [2.45, 2.75) is 6.10 Å². The molecule has 2 rings (SSSR count). The quantitative estimate of drug-likeness (QED) is 0.694. The van der Waals surface area contributed by atoms with Crippen LogP contribution in [0.1, 0.15) is 10.4 Å². The second-order valence-corrected chi connectivity index (χ2v) is 4.01. The number of β-amino-alcohol motifs (C(OH)–C–C–N with tert-alkyl or cyclic N) is 1. The molecule has 80 valence electrons. The summed E-state index contributed by atoms with van der Waals surface area (Å²) in [4.78, 5) is 13.3. The summed E-state index contributed by atoms with van der Waals surface area (Å²) in [7, 11) is 0. The van der Waals surface area contributed by atoms with Gasteiger partial charge in [0.1, 0.15) is 0 Å². The number of nitrogens with two attached hydrogens (primary N) is 1. The molecule has 1 fully saturated rings. The Kier molecular flexibility index (Phi) is 2.54. The lowest BCUT2D eigenvalue weighted by Gasteiger charge is -2.36. The number of nitrogens with zero attached hydrogens (tertiary/aromatic N) is 1. The van der Waals surface area contributed by atoms with Gasteiger partial charge in [-0.05, 0) is 18.2 Å². The van der Waals surface area contributed by atoms with Gasteiger partial charge in [0.25, 0.3) is 5.91 Å². The highest BCUT2D eigenvalue weighted by molar-refractivity contribution is 6.34. The average Bonchev–Trinajstić information content (AvgIpc) is 2.12. The van der Waals surface area contributed by atoms with Gasteiger partial charge in [0.2, 0.25) is 0 Å². The zero-order chi connectivity index (χ0) is 11.0. The predicted octanol–water partition coefficient (Wildman–Crippen LogP) is 0.739. The van der Waals surface area contributed by atoms with Gasteiger partial charge in [-0.1, -0.05) is 11.6 Å². The van der Waals surface area contributed by atoms with Gasteiger partial charge in [-0.15, -0.1) is 0 Å². The van der Waals surface area contributed by atoms with E-state index in [2.05, 4.69) is 0 Å². The zero-order valence-electron chi connectivity index (χ0n) is 7.98. The first-order valence-electron chi connectivity index (χ1n) is 4.60. The molecule has 1 heterocycles. The van der Waals surface area contributed by atoms with Crippen LogP contribution in [0, 0.1) is 0 Å². The molecule has 0 aromatic heterocycles. The molecule has 0 bridgehead atoms. The topological polar surface area (TPSA) is 66.6 Å². The maximum atomic E-state index is 11.8. The average molecular weight is 227 g/mol. The number of halogens is 1. The van der Waals surface area contributed by atoms with Gasteiger partial charge in [0.05, 0.1) is 16.7 Å². The van der Waals surface area contributed by atoms with Crippen LogP contribution < -0.4 is 5.73 Å². The van der Waals surface area contributed by atoms with E-state index in [1.165, 1.54) is 0 Å². The lowest BCUT2D eigenvalue weighted by atomic mass is 10.1. The molecule has 1 aromatic carbocycles. The van der Waals surface area contributed by atoms with Gasteiger partial charge in [-0.3, -0.25) is 4.79 Å². The van der Waals surface area contributed by atoms with Crippen molar-refractivity contribution in [1.29, 1.82) is 0 Å². The monoisotopic (exact) mass is 226 g/mol. The Morgan fingerprint density at radius 1 is 1.53 bits per heavy atom. The predicted molar refractivity (Wildman–Crippen MR) is 57.8 cm³/mol. The van der Waals surface area contributed by atoms with Crippen LogP contribution in [0.2, 0.25) is 5.02 Å². The van der Waals surface area contributed by atoms with E-state index in [1.807, 2.05) is 0 Å². The summed E-state index contributed by atoms with van der Waals surface area (Å²) in [6.07, 6.45) is -0.401. The Morgan fingerprint density at radius 3 is 2.73 bits per heavy atom. The lowest BCUT2D eigenvalue weighted by Crippen LogP contribution is -2.53. The molecule has 0 radical (unpaired) electrons. The third-order valence-electron chi connectivity index (χ3n) is 2.37. The largest absolute Gasteiger partial charge is 0.399 e. The van der Waals surface area contributed by atoms with Crippen molar-refractivity contribution in [3.8, 4) is 0 Å². The maximum absolute atomic E-state index is 11.8. The van der Waals surface area contributed by atoms with Gasteiger partial charge in [-0.2, -0.15) is 0 Å². The molecule has 0 spiro atoms. The fourth-order valence-corrected chi connectivity index (χ4v) is 1.77. The third-order valence-corrected chi connectivity index (χ3v) is 2.69. The van der Waals surface area contributed by atoms with Gasteiger partial charge in [0.15, 0.2) is 0 Å². The van der Waals surface area contributed by atoms with Gasteiger partial charge < -0.3 is 15.7 Å². The van der Waals surface area contributed by atoms with E-state index in [1.54, 1.807) is 23.1 Å². The first-order valence-corrected chi connectivity index (χ1v) is 4.98. The van der Waals surface area contributed by atoms with Crippen molar-refractivity contribution >= 4 is 23.2 Å². The van der Waals surface area contributed by atoms with Crippen molar-refractivity contribution < 1.29 is 9.90 Å². The van der Waals surface area contributed by atoms with Crippen LogP contribution in [0.5, 0.6) is 0 Å². The molecule has 1 saturated heterocycles. The molecule has 15 heavy (non-hydrogen) atoms. The molecule has 4 nitrogen and oxygen atoms in total. The van der Waals surface area contributed by atoms with Crippen LogP contribution >= 0.6 is 11.6 Å². The number of aliphatic hydroxyl groups excluding tert-OH is 1. The second-order valence-electron chi connectivity index (χ2n) is 3.60. The molecule has 1 aromatic rings. The Hall–Kier alpha value is -1.26. The molecule has 0 unspecified atom stereocenters. The number of nitrogen functional groups attached to an aromatic ring is 1. The number of carbonyl (C=O) groups excluding carboxylic acids is 1. The van der Waals surface area contributed by atoms with E-state index in [4.69, 9.17) is 22.4 Å². The fourth-order valence-electron chi connectivity index (χ4n) is 1.50. The number of carbonyl (C=O) groups is 1. The van der Waals surface area contributed by atoms with Gasteiger partial charge in [-0.25, -0.2) is 0 Å². The van der Waals surface area contributed by atoms with Crippen LogP contribution in [0.4, 0.5) is 5.69 Å². The van der Waals surface area contributed by atoms with Crippen LogP contribution in [0.3, 0.4) is 0 Å². The second kappa shape index (κ2) is 3.72. The highest BCUT2D eigenvalue weighted by Crippen LogP contribution is 2.22. The fraction of sp³-hybridized carbons (Fsp3) is 0.300. The number of hydrogen-bond acceptors (Lipinski definition) is 3. The Morgan fingerprint density at radius 2 is 2.20 bits per heavy atom. The highest BCUT2D eigenvalue weighted by Gasteiger charge is 2.30. The van der Waals surface area contributed by atoms with E-state index in [0.29, 0.717) is 29.4 Å². The van der Waals surface area contributed by atoms with Crippen LogP contribution in [0.15, 0.2) is 18.2 Å². The highest BCUT2D eigenvalue weighted by atomic mass is 35.5. The molecular formula is C10H11ClN2O2. The molecular weight excluding hydrogens is 216 g/mol. The number of rotatable bonds is 1. The van der Waals surface area contributed by atoms with Crippen molar-refractivity contribution in [2.24, 2.45) is 0 Å². The van der Waals surface area contributed by atoms with Crippen LogP contribution in [-0.4, -0.2) is 35.1 Å². The molecule has 1 amide bonds. The van der Waals surface area contributed by atoms with E-state index in [9.17, 15) is 4.79 Å². The third kappa shape index (κ3) is 1.91.